The number of nitrogens with zero attached hydrogens (tertiary/aromatic N) is 1. The predicted octanol–water partition coefficient (Wildman–Crippen LogP) is 2.13. The van der Waals surface area contributed by atoms with Gasteiger partial charge in [0.1, 0.15) is 0 Å². The van der Waals surface area contributed by atoms with Crippen LogP contribution < -0.4 is 0 Å². The molecule has 84 valence electrons. The maximum atomic E-state index is 9.73. The van der Waals surface area contributed by atoms with Gasteiger partial charge in [-0.05, 0) is 31.7 Å². The molecule has 0 aromatic rings. The molecule has 2 heteroatoms. The Balaban J connectivity index is 2.17. The molecule has 0 aromatic carbocycles. The lowest BCUT2D eigenvalue weighted by atomic mass is 10.1. The van der Waals surface area contributed by atoms with Crippen LogP contribution in [0.2, 0.25) is 0 Å². The summed E-state index contributed by atoms with van der Waals surface area (Å²) in [5, 5.41) is 9.73. The van der Waals surface area contributed by atoms with Crippen LogP contribution in [0.3, 0.4) is 0 Å². The largest absolute Gasteiger partial charge is 0.392 e. The quantitative estimate of drug-likeness (QED) is 0.733. The summed E-state index contributed by atoms with van der Waals surface area (Å²) in [6, 6.07) is 0. The van der Waals surface area contributed by atoms with Gasteiger partial charge in [0.25, 0.3) is 0 Å². The fraction of sp³-hybridized carbons (Fsp3) is 1.00. The van der Waals surface area contributed by atoms with Crippen LogP contribution in [0.25, 0.3) is 0 Å². The molecular formula is C12H25NO. The molecule has 0 bridgehead atoms. The third kappa shape index (κ3) is 3.97. The van der Waals surface area contributed by atoms with Crippen LogP contribution in [0.15, 0.2) is 0 Å². The molecule has 0 radical (unpaired) electrons. The first-order chi connectivity index (χ1) is 6.59. The fourth-order valence-corrected chi connectivity index (χ4v) is 2.24. The average Bonchev–Trinajstić information content (AvgIpc) is 2.56. The van der Waals surface area contributed by atoms with E-state index in [1.807, 2.05) is 0 Å². The summed E-state index contributed by atoms with van der Waals surface area (Å²) in [5.74, 6) is 1.26. The summed E-state index contributed by atoms with van der Waals surface area (Å²) in [6.07, 6.45) is 5.43. The van der Waals surface area contributed by atoms with Crippen molar-refractivity contribution in [3.8, 4) is 0 Å². The number of likely N-dealkylation sites (N-methyl/N-ethyl adjacent to an activating group) is 1. The van der Waals surface area contributed by atoms with Gasteiger partial charge in [-0.2, -0.15) is 0 Å². The molecule has 0 aliphatic heterocycles. The molecule has 1 aliphatic carbocycles. The van der Waals surface area contributed by atoms with E-state index >= 15 is 0 Å². The Bertz CT molecular complexity index is 148. The first-order valence-electron chi connectivity index (χ1n) is 5.96. The van der Waals surface area contributed by atoms with E-state index in [-0.39, 0.29) is 6.10 Å². The molecule has 1 unspecified atom stereocenters. The van der Waals surface area contributed by atoms with Gasteiger partial charge in [0, 0.05) is 13.1 Å². The van der Waals surface area contributed by atoms with Crippen LogP contribution in [0.4, 0.5) is 0 Å². The Morgan fingerprint density at radius 3 is 2.36 bits per heavy atom. The van der Waals surface area contributed by atoms with Crippen LogP contribution >= 0.6 is 0 Å². The van der Waals surface area contributed by atoms with E-state index in [2.05, 4.69) is 25.8 Å². The zero-order chi connectivity index (χ0) is 10.6. The Hall–Kier alpha value is -0.0800. The highest BCUT2D eigenvalue weighted by Gasteiger charge is 2.18. The van der Waals surface area contributed by atoms with E-state index in [0.717, 1.165) is 12.5 Å². The third-order valence-electron chi connectivity index (χ3n) is 3.31. The van der Waals surface area contributed by atoms with E-state index < -0.39 is 0 Å². The van der Waals surface area contributed by atoms with Crippen molar-refractivity contribution in [3.63, 3.8) is 0 Å². The molecular weight excluding hydrogens is 174 g/mol. The van der Waals surface area contributed by atoms with Crippen molar-refractivity contribution in [2.24, 2.45) is 11.8 Å². The molecule has 1 rings (SSSR count). The van der Waals surface area contributed by atoms with Crippen molar-refractivity contribution in [2.45, 2.75) is 45.6 Å². The van der Waals surface area contributed by atoms with Crippen LogP contribution in [0.5, 0.6) is 0 Å². The van der Waals surface area contributed by atoms with Gasteiger partial charge >= 0.3 is 0 Å². The standard InChI is InChI=1S/C12H25NO/c1-10(2)12(14)9-13(3)8-11-6-4-5-7-11/h10-12,14H,4-9H2,1-3H3. The number of aliphatic hydroxyl groups excluding tert-OH is 1. The minimum absolute atomic E-state index is 0.165. The summed E-state index contributed by atoms with van der Waals surface area (Å²) in [5.41, 5.74) is 0. The first kappa shape index (κ1) is 12.0. The summed E-state index contributed by atoms with van der Waals surface area (Å²) in [6.45, 7) is 6.15. The molecule has 2 nitrogen and oxygen atoms in total. The minimum Gasteiger partial charge on any atom is -0.392 e. The molecule has 14 heavy (non-hydrogen) atoms. The van der Waals surface area contributed by atoms with E-state index in [1.165, 1.54) is 32.2 Å². The van der Waals surface area contributed by atoms with Gasteiger partial charge in [-0.15, -0.1) is 0 Å². The lowest BCUT2D eigenvalue weighted by Crippen LogP contribution is -2.34. The van der Waals surface area contributed by atoms with Crippen molar-refractivity contribution in [1.29, 1.82) is 0 Å². The second-order valence-corrected chi connectivity index (χ2v) is 5.18. The number of hydrogen-bond acceptors (Lipinski definition) is 2. The number of hydrogen-bond donors (Lipinski definition) is 1. The molecule has 1 atom stereocenters. The second kappa shape index (κ2) is 5.72. The van der Waals surface area contributed by atoms with Gasteiger partial charge in [-0.25, -0.2) is 0 Å². The highest BCUT2D eigenvalue weighted by atomic mass is 16.3. The zero-order valence-electron chi connectivity index (χ0n) is 9.87. The lowest BCUT2D eigenvalue weighted by Gasteiger charge is -2.25. The van der Waals surface area contributed by atoms with Gasteiger partial charge < -0.3 is 10.0 Å². The molecule has 0 aromatic heterocycles. The van der Waals surface area contributed by atoms with Crippen molar-refractivity contribution in [2.75, 3.05) is 20.1 Å². The van der Waals surface area contributed by atoms with Crippen LogP contribution in [0.1, 0.15) is 39.5 Å². The fourth-order valence-electron chi connectivity index (χ4n) is 2.24. The highest BCUT2D eigenvalue weighted by Crippen LogP contribution is 2.25. The summed E-state index contributed by atoms with van der Waals surface area (Å²) in [7, 11) is 2.13. The Kier molecular flexibility index (Phi) is 4.90. The van der Waals surface area contributed by atoms with Crippen molar-refractivity contribution >= 4 is 0 Å². The van der Waals surface area contributed by atoms with Gasteiger partial charge in [0.2, 0.25) is 0 Å². The number of aliphatic hydroxyl groups is 1. The highest BCUT2D eigenvalue weighted by molar-refractivity contribution is 4.72. The van der Waals surface area contributed by atoms with Crippen LogP contribution in [0, 0.1) is 11.8 Å². The minimum atomic E-state index is -0.165. The first-order valence-corrected chi connectivity index (χ1v) is 5.96. The van der Waals surface area contributed by atoms with Crippen LogP contribution in [-0.2, 0) is 0 Å². The summed E-state index contributed by atoms with van der Waals surface area (Å²) in [4.78, 5) is 2.29. The van der Waals surface area contributed by atoms with Crippen LogP contribution in [-0.4, -0.2) is 36.2 Å². The molecule has 1 saturated carbocycles. The SMILES string of the molecule is CC(C)C(O)CN(C)CC1CCCC1. The topological polar surface area (TPSA) is 23.5 Å². The summed E-state index contributed by atoms with van der Waals surface area (Å²) < 4.78 is 0. The normalized spacial score (nSPS) is 21.0. The Morgan fingerprint density at radius 1 is 1.29 bits per heavy atom. The zero-order valence-corrected chi connectivity index (χ0v) is 9.87. The maximum Gasteiger partial charge on any atom is 0.0689 e. The molecule has 1 aliphatic rings. The predicted molar refractivity (Wildman–Crippen MR) is 60.3 cm³/mol. The van der Waals surface area contributed by atoms with E-state index in [0.29, 0.717) is 5.92 Å². The molecule has 0 amide bonds. The molecule has 1 N–H and O–H groups in total. The second-order valence-electron chi connectivity index (χ2n) is 5.18. The monoisotopic (exact) mass is 199 g/mol. The van der Waals surface area contributed by atoms with E-state index in [9.17, 15) is 5.11 Å². The Labute approximate surface area is 88.3 Å². The van der Waals surface area contributed by atoms with E-state index in [4.69, 9.17) is 0 Å². The van der Waals surface area contributed by atoms with Gasteiger partial charge in [0.15, 0.2) is 0 Å². The van der Waals surface area contributed by atoms with Gasteiger partial charge in [0.05, 0.1) is 6.10 Å². The number of rotatable bonds is 5. The van der Waals surface area contributed by atoms with Crippen molar-refractivity contribution in [3.05, 3.63) is 0 Å². The average molecular weight is 199 g/mol. The lowest BCUT2D eigenvalue weighted by molar-refractivity contribution is 0.0808. The maximum absolute atomic E-state index is 9.73. The molecule has 1 fully saturated rings. The smallest absolute Gasteiger partial charge is 0.0689 e. The van der Waals surface area contributed by atoms with Crippen molar-refractivity contribution in [1.82, 2.24) is 4.90 Å². The van der Waals surface area contributed by atoms with E-state index in [1.54, 1.807) is 0 Å². The third-order valence-corrected chi connectivity index (χ3v) is 3.31. The molecule has 0 spiro atoms. The molecule has 0 saturated heterocycles. The Morgan fingerprint density at radius 2 is 1.86 bits per heavy atom. The molecule has 0 heterocycles. The van der Waals surface area contributed by atoms with Crippen molar-refractivity contribution < 1.29 is 5.11 Å². The summed E-state index contributed by atoms with van der Waals surface area (Å²) >= 11 is 0. The van der Waals surface area contributed by atoms with Gasteiger partial charge in [-0.3, -0.25) is 0 Å². The van der Waals surface area contributed by atoms with Gasteiger partial charge in [-0.1, -0.05) is 26.7 Å².